The average molecular weight is 425 g/mol. The number of nitrogens with zero attached hydrogens (tertiary/aromatic N) is 2. The highest BCUT2D eigenvalue weighted by Gasteiger charge is 2.37. The van der Waals surface area contributed by atoms with Gasteiger partial charge in [-0.05, 0) is 55.2 Å². The van der Waals surface area contributed by atoms with Crippen molar-refractivity contribution in [3.63, 3.8) is 0 Å². The third-order valence-electron chi connectivity index (χ3n) is 7.21. The van der Waals surface area contributed by atoms with E-state index < -0.39 is 0 Å². The number of hydrogen-bond donors (Lipinski definition) is 0. The van der Waals surface area contributed by atoms with Crippen LogP contribution in [-0.4, -0.2) is 41.4 Å². The second kappa shape index (κ2) is 9.65. The predicted molar refractivity (Wildman–Crippen MR) is 126 cm³/mol. The molecule has 2 aromatic rings. The first kappa shape index (κ1) is 21.6. The van der Waals surface area contributed by atoms with Crippen LogP contribution in [0.15, 0.2) is 35.7 Å². The maximum atomic E-state index is 12.6. The molecular formula is C26H36N2OS. The van der Waals surface area contributed by atoms with E-state index in [0.29, 0.717) is 17.9 Å². The number of thiophene rings is 1. The van der Waals surface area contributed by atoms with Crippen LogP contribution in [0.2, 0.25) is 0 Å². The van der Waals surface area contributed by atoms with Crippen molar-refractivity contribution in [3.8, 4) is 0 Å². The summed E-state index contributed by atoms with van der Waals surface area (Å²) in [5.41, 5.74) is 4.15. The summed E-state index contributed by atoms with van der Waals surface area (Å²) in [6, 6.07) is 11.8. The summed E-state index contributed by atoms with van der Waals surface area (Å²) in [5.74, 6) is 1.26. The highest BCUT2D eigenvalue weighted by Crippen LogP contribution is 2.36. The Morgan fingerprint density at radius 1 is 1.07 bits per heavy atom. The quantitative estimate of drug-likeness (QED) is 0.588. The molecule has 1 aromatic heterocycles. The number of hydrogen-bond acceptors (Lipinski definition) is 3. The van der Waals surface area contributed by atoms with Crippen molar-refractivity contribution < 1.29 is 4.79 Å². The summed E-state index contributed by atoms with van der Waals surface area (Å²) in [6.45, 7) is 10.2. The van der Waals surface area contributed by atoms with E-state index in [-0.39, 0.29) is 5.91 Å². The minimum absolute atomic E-state index is 0.261. The lowest BCUT2D eigenvalue weighted by atomic mass is 9.87. The lowest BCUT2D eigenvalue weighted by Gasteiger charge is -2.36. The van der Waals surface area contributed by atoms with Crippen molar-refractivity contribution in [1.29, 1.82) is 0 Å². The van der Waals surface area contributed by atoms with Crippen LogP contribution >= 0.6 is 11.3 Å². The lowest BCUT2D eigenvalue weighted by molar-refractivity contribution is -0.132. The molecule has 2 atom stereocenters. The van der Waals surface area contributed by atoms with E-state index in [2.05, 4.69) is 59.4 Å². The van der Waals surface area contributed by atoms with Crippen LogP contribution in [0.25, 0.3) is 0 Å². The molecule has 0 radical (unpaired) electrons. The Labute approximate surface area is 186 Å². The second-order valence-corrected chi connectivity index (χ2v) is 10.5. The van der Waals surface area contributed by atoms with Gasteiger partial charge in [-0.1, -0.05) is 49.1 Å². The summed E-state index contributed by atoms with van der Waals surface area (Å²) in [5, 5.41) is 2.20. The van der Waals surface area contributed by atoms with Crippen LogP contribution in [-0.2, 0) is 11.3 Å². The number of likely N-dealkylation sites (tertiary alicyclic amines) is 1. The zero-order valence-corrected chi connectivity index (χ0v) is 19.6. The molecule has 2 aliphatic rings. The number of rotatable bonds is 6. The van der Waals surface area contributed by atoms with E-state index in [4.69, 9.17) is 0 Å². The molecule has 1 aliphatic carbocycles. The van der Waals surface area contributed by atoms with Gasteiger partial charge in [0.15, 0.2) is 0 Å². The van der Waals surface area contributed by atoms with Gasteiger partial charge < -0.3 is 4.90 Å². The Kier molecular flexibility index (Phi) is 6.94. The van der Waals surface area contributed by atoms with Gasteiger partial charge in [0, 0.05) is 49.9 Å². The highest BCUT2D eigenvalue weighted by molar-refractivity contribution is 7.10. The van der Waals surface area contributed by atoms with Gasteiger partial charge in [-0.15, -0.1) is 11.3 Å². The molecule has 0 spiro atoms. The molecule has 0 N–H and O–H groups in total. The summed E-state index contributed by atoms with van der Waals surface area (Å²) in [7, 11) is 0. The number of benzene rings is 1. The van der Waals surface area contributed by atoms with Crippen molar-refractivity contribution in [2.24, 2.45) is 5.92 Å². The normalized spacial score (nSPS) is 23.0. The molecule has 30 heavy (non-hydrogen) atoms. The Morgan fingerprint density at radius 2 is 1.80 bits per heavy atom. The highest BCUT2D eigenvalue weighted by atomic mass is 32.1. The van der Waals surface area contributed by atoms with E-state index in [0.717, 1.165) is 26.2 Å². The average Bonchev–Trinajstić information content (AvgIpc) is 3.33. The number of aryl methyl sites for hydroxylation is 2. The Hall–Kier alpha value is -1.65. The second-order valence-electron chi connectivity index (χ2n) is 9.46. The van der Waals surface area contributed by atoms with Gasteiger partial charge in [0.1, 0.15) is 0 Å². The van der Waals surface area contributed by atoms with Gasteiger partial charge in [-0.3, -0.25) is 9.69 Å². The first-order valence-corrected chi connectivity index (χ1v) is 12.5. The molecule has 1 aliphatic heterocycles. The van der Waals surface area contributed by atoms with Crippen molar-refractivity contribution >= 4 is 17.2 Å². The molecule has 3 nitrogen and oxygen atoms in total. The minimum Gasteiger partial charge on any atom is -0.340 e. The fourth-order valence-electron chi connectivity index (χ4n) is 5.42. The number of carbonyl (C=O) groups is 1. The van der Waals surface area contributed by atoms with E-state index in [1.165, 1.54) is 53.7 Å². The summed E-state index contributed by atoms with van der Waals surface area (Å²) in [6.07, 6.45) is 6.22. The maximum absolute atomic E-state index is 12.6. The zero-order valence-electron chi connectivity index (χ0n) is 18.8. The standard InChI is InChI=1S/C26H36N2OS/c1-19-9-11-22(12-10-19)25-17-27(18-26-20(2)13-14-30-26)15-23(25)16-28(21(3)29)24-7-5-4-6-8-24/h9-14,23-25H,4-8,15-18H2,1-3H3/t23-,25+/m0/s1. The Morgan fingerprint density at radius 3 is 2.43 bits per heavy atom. The fourth-order valence-corrected chi connectivity index (χ4v) is 6.36. The summed E-state index contributed by atoms with van der Waals surface area (Å²) in [4.78, 5) is 18.9. The fraction of sp³-hybridized carbons (Fsp3) is 0.577. The van der Waals surface area contributed by atoms with Crippen molar-refractivity contribution in [2.45, 2.75) is 71.4 Å². The van der Waals surface area contributed by atoms with Gasteiger partial charge in [0.05, 0.1) is 0 Å². The largest absolute Gasteiger partial charge is 0.340 e. The van der Waals surface area contributed by atoms with Crippen molar-refractivity contribution in [1.82, 2.24) is 9.80 Å². The van der Waals surface area contributed by atoms with Gasteiger partial charge in [-0.2, -0.15) is 0 Å². The molecule has 2 fully saturated rings. The Bertz CT molecular complexity index is 837. The summed E-state index contributed by atoms with van der Waals surface area (Å²) < 4.78 is 0. The van der Waals surface area contributed by atoms with Crippen LogP contribution in [0.4, 0.5) is 0 Å². The molecule has 4 heteroatoms. The van der Waals surface area contributed by atoms with Crippen molar-refractivity contribution in [2.75, 3.05) is 19.6 Å². The Balaban J connectivity index is 1.54. The third kappa shape index (κ3) is 4.97. The van der Waals surface area contributed by atoms with Gasteiger partial charge in [-0.25, -0.2) is 0 Å². The molecule has 4 rings (SSSR count). The molecular weight excluding hydrogens is 388 g/mol. The van der Waals surface area contributed by atoms with Crippen LogP contribution in [0.1, 0.15) is 66.5 Å². The van der Waals surface area contributed by atoms with Crippen LogP contribution in [0.5, 0.6) is 0 Å². The lowest BCUT2D eigenvalue weighted by Crippen LogP contribution is -2.44. The molecule has 1 saturated heterocycles. The topological polar surface area (TPSA) is 23.6 Å². The van der Waals surface area contributed by atoms with Crippen LogP contribution in [0.3, 0.4) is 0 Å². The molecule has 2 heterocycles. The number of amides is 1. The first-order chi connectivity index (χ1) is 14.5. The molecule has 162 valence electrons. The van der Waals surface area contributed by atoms with E-state index >= 15 is 0 Å². The van der Waals surface area contributed by atoms with Gasteiger partial charge in [0.2, 0.25) is 5.91 Å². The molecule has 1 amide bonds. The first-order valence-electron chi connectivity index (χ1n) is 11.6. The smallest absolute Gasteiger partial charge is 0.219 e. The predicted octanol–water partition coefficient (Wildman–Crippen LogP) is 5.76. The third-order valence-corrected chi connectivity index (χ3v) is 8.22. The van der Waals surface area contributed by atoms with E-state index in [1.807, 2.05) is 11.3 Å². The molecule has 0 unspecified atom stereocenters. The molecule has 0 bridgehead atoms. The molecule has 1 aromatic carbocycles. The number of carbonyl (C=O) groups excluding carboxylic acids is 1. The van der Waals surface area contributed by atoms with Gasteiger partial charge >= 0.3 is 0 Å². The SMILES string of the molecule is CC(=O)N(C[C@@H]1CN(Cc2sccc2C)C[C@@H]1c1ccc(C)cc1)C1CCCCC1. The monoisotopic (exact) mass is 424 g/mol. The maximum Gasteiger partial charge on any atom is 0.219 e. The van der Waals surface area contributed by atoms with E-state index in [1.54, 1.807) is 6.92 Å². The minimum atomic E-state index is 0.261. The zero-order chi connectivity index (χ0) is 21.1. The van der Waals surface area contributed by atoms with E-state index in [9.17, 15) is 4.79 Å². The van der Waals surface area contributed by atoms with Gasteiger partial charge in [0.25, 0.3) is 0 Å². The molecule has 1 saturated carbocycles. The summed E-state index contributed by atoms with van der Waals surface area (Å²) >= 11 is 1.87. The van der Waals surface area contributed by atoms with Crippen LogP contribution in [0, 0.1) is 19.8 Å². The van der Waals surface area contributed by atoms with Crippen molar-refractivity contribution in [3.05, 3.63) is 57.3 Å². The van der Waals surface area contributed by atoms with Crippen LogP contribution < -0.4 is 0 Å².